The number of esters is 1. The Morgan fingerprint density at radius 3 is 2.47 bits per heavy atom. The van der Waals surface area contributed by atoms with Crippen LogP contribution in [0.2, 0.25) is 0 Å². The summed E-state index contributed by atoms with van der Waals surface area (Å²) in [5, 5.41) is 12.6. The second kappa shape index (κ2) is 6.37. The fourth-order valence-corrected chi connectivity index (χ4v) is 2.53. The Balaban J connectivity index is 2.67. The lowest BCUT2D eigenvalue weighted by Gasteiger charge is -2.12. The molecule has 1 rings (SSSR count). The summed E-state index contributed by atoms with van der Waals surface area (Å²) >= 11 is 6.49. The van der Waals surface area contributed by atoms with E-state index in [1.54, 1.807) is 19.1 Å². The van der Waals surface area contributed by atoms with Crippen LogP contribution in [0.5, 0.6) is 5.75 Å². The van der Waals surface area contributed by atoms with E-state index in [4.69, 9.17) is 0 Å². The highest BCUT2D eigenvalue weighted by molar-refractivity contribution is 9.11. The molecule has 1 unspecified atom stereocenters. The predicted octanol–water partition coefficient (Wildman–Crippen LogP) is 2.57. The predicted molar refractivity (Wildman–Crippen MR) is 71.8 cm³/mol. The fraction of sp³-hybridized carbons (Fsp3) is 0.364. The summed E-state index contributed by atoms with van der Waals surface area (Å²) in [6.07, 6.45) is 0. The minimum Gasteiger partial charge on any atom is -0.506 e. The Kier molecular flexibility index (Phi) is 5.42. The van der Waals surface area contributed by atoms with E-state index in [9.17, 15) is 9.90 Å². The van der Waals surface area contributed by atoms with Gasteiger partial charge in [0.2, 0.25) is 0 Å². The average Bonchev–Trinajstić information content (AvgIpc) is 2.31. The number of hydrogen-bond acceptors (Lipinski definition) is 4. The fourth-order valence-electron chi connectivity index (χ4n) is 1.25. The van der Waals surface area contributed by atoms with Gasteiger partial charge in [0.1, 0.15) is 11.8 Å². The summed E-state index contributed by atoms with van der Waals surface area (Å²) in [6, 6.07) is 3.21. The third kappa shape index (κ3) is 3.97. The maximum atomic E-state index is 11.2. The van der Waals surface area contributed by atoms with E-state index < -0.39 is 0 Å². The standard InChI is InChI=1S/C11H13Br2NO3/c1-6(11(16)17-2)14-5-7-3-8(12)10(15)9(13)4-7/h3-4,6,14-15H,5H2,1-2H3. The number of hydrogen-bond donors (Lipinski definition) is 2. The number of rotatable bonds is 4. The summed E-state index contributed by atoms with van der Waals surface area (Å²) in [7, 11) is 1.36. The lowest BCUT2D eigenvalue weighted by molar-refractivity contribution is -0.142. The topological polar surface area (TPSA) is 58.6 Å². The van der Waals surface area contributed by atoms with Gasteiger partial charge in [0.25, 0.3) is 0 Å². The van der Waals surface area contributed by atoms with Crippen molar-refractivity contribution in [1.82, 2.24) is 5.32 Å². The molecule has 6 heteroatoms. The zero-order chi connectivity index (χ0) is 13.0. The lowest BCUT2D eigenvalue weighted by atomic mass is 10.2. The van der Waals surface area contributed by atoms with E-state index in [1.165, 1.54) is 7.11 Å². The number of halogens is 2. The first kappa shape index (κ1) is 14.5. The molecule has 17 heavy (non-hydrogen) atoms. The molecular weight excluding hydrogens is 354 g/mol. The van der Waals surface area contributed by atoms with Gasteiger partial charge in [-0.15, -0.1) is 0 Å². The molecule has 0 fully saturated rings. The van der Waals surface area contributed by atoms with Crippen LogP contribution in [-0.2, 0) is 16.1 Å². The SMILES string of the molecule is COC(=O)C(C)NCc1cc(Br)c(O)c(Br)c1. The third-order valence-electron chi connectivity index (χ3n) is 2.24. The second-order valence-electron chi connectivity index (χ2n) is 3.53. The number of aromatic hydroxyl groups is 1. The minimum absolute atomic E-state index is 0.162. The number of carbonyl (C=O) groups excluding carboxylic acids is 1. The molecule has 0 radical (unpaired) electrons. The highest BCUT2D eigenvalue weighted by atomic mass is 79.9. The molecule has 1 aromatic rings. The smallest absolute Gasteiger partial charge is 0.322 e. The van der Waals surface area contributed by atoms with Crippen molar-refractivity contribution in [2.24, 2.45) is 0 Å². The monoisotopic (exact) mass is 365 g/mol. The van der Waals surface area contributed by atoms with Crippen molar-refractivity contribution in [1.29, 1.82) is 0 Å². The largest absolute Gasteiger partial charge is 0.506 e. The van der Waals surface area contributed by atoms with E-state index in [-0.39, 0.29) is 17.8 Å². The van der Waals surface area contributed by atoms with Crippen LogP contribution in [0.4, 0.5) is 0 Å². The molecule has 0 aliphatic heterocycles. The molecule has 0 heterocycles. The average molecular weight is 367 g/mol. The van der Waals surface area contributed by atoms with Crippen molar-refractivity contribution in [3.63, 3.8) is 0 Å². The van der Waals surface area contributed by atoms with Crippen LogP contribution in [0.1, 0.15) is 12.5 Å². The number of phenolic OH excluding ortho intramolecular Hbond substituents is 1. The molecular formula is C11H13Br2NO3. The highest BCUT2D eigenvalue weighted by Gasteiger charge is 2.12. The van der Waals surface area contributed by atoms with Crippen molar-refractivity contribution in [2.45, 2.75) is 19.5 Å². The van der Waals surface area contributed by atoms with Crippen molar-refractivity contribution in [2.75, 3.05) is 7.11 Å². The maximum Gasteiger partial charge on any atom is 0.322 e. The summed E-state index contributed by atoms with van der Waals surface area (Å²) in [4.78, 5) is 11.2. The van der Waals surface area contributed by atoms with Gasteiger partial charge in [0, 0.05) is 6.54 Å². The number of ether oxygens (including phenoxy) is 1. The molecule has 0 amide bonds. The van der Waals surface area contributed by atoms with Gasteiger partial charge in [-0.05, 0) is 56.5 Å². The van der Waals surface area contributed by atoms with Gasteiger partial charge in [-0.2, -0.15) is 0 Å². The van der Waals surface area contributed by atoms with Crippen LogP contribution in [-0.4, -0.2) is 24.2 Å². The molecule has 2 N–H and O–H groups in total. The zero-order valence-electron chi connectivity index (χ0n) is 9.46. The third-order valence-corrected chi connectivity index (χ3v) is 3.45. The maximum absolute atomic E-state index is 11.2. The van der Waals surface area contributed by atoms with Crippen molar-refractivity contribution in [3.8, 4) is 5.75 Å². The Hall–Kier alpha value is -0.590. The molecule has 0 saturated heterocycles. The minimum atomic E-state index is -0.369. The Labute approximate surface area is 117 Å². The van der Waals surface area contributed by atoms with Gasteiger partial charge >= 0.3 is 5.97 Å². The number of nitrogens with one attached hydrogen (secondary N) is 1. The molecule has 0 spiro atoms. The zero-order valence-corrected chi connectivity index (χ0v) is 12.6. The van der Waals surface area contributed by atoms with Gasteiger partial charge in [-0.25, -0.2) is 0 Å². The molecule has 0 aromatic heterocycles. The molecule has 0 aliphatic rings. The van der Waals surface area contributed by atoms with Crippen molar-refractivity contribution >= 4 is 37.8 Å². The summed E-state index contributed by atoms with van der Waals surface area (Å²) in [6.45, 7) is 2.24. The van der Waals surface area contributed by atoms with Gasteiger partial charge in [-0.1, -0.05) is 0 Å². The number of methoxy groups -OCH3 is 1. The number of carbonyl (C=O) groups is 1. The first-order chi connectivity index (χ1) is 7.95. The number of phenols is 1. The van der Waals surface area contributed by atoms with Gasteiger partial charge in [-0.3, -0.25) is 4.79 Å². The van der Waals surface area contributed by atoms with E-state index in [0.717, 1.165) is 5.56 Å². The van der Waals surface area contributed by atoms with E-state index in [0.29, 0.717) is 15.5 Å². The lowest BCUT2D eigenvalue weighted by Crippen LogP contribution is -2.34. The molecule has 94 valence electrons. The molecule has 0 bridgehead atoms. The number of benzene rings is 1. The van der Waals surface area contributed by atoms with Crippen LogP contribution in [0.3, 0.4) is 0 Å². The van der Waals surface area contributed by atoms with Gasteiger partial charge in [0.15, 0.2) is 0 Å². The van der Waals surface area contributed by atoms with Crippen molar-refractivity contribution < 1.29 is 14.6 Å². The molecule has 1 aromatic carbocycles. The van der Waals surface area contributed by atoms with Crippen LogP contribution >= 0.6 is 31.9 Å². The van der Waals surface area contributed by atoms with Crippen LogP contribution in [0.25, 0.3) is 0 Å². The Morgan fingerprint density at radius 2 is 2.00 bits per heavy atom. The Bertz CT molecular complexity index is 400. The normalized spacial score (nSPS) is 12.2. The van der Waals surface area contributed by atoms with Gasteiger partial charge in [0.05, 0.1) is 16.1 Å². The summed E-state index contributed by atoms with van der Waals surface area (Å²) in [5.74, 6) is -0.142. The van der Waals surface area contributed by atoms with E-state index in [1.807, 2.05) is 0 Å². The summed E-state index contributed by atoms with van der Waals surface area (Å²) in [5.41, 5.74) is 0.942. The Morgan fingerprint density at radius 1 is 1.47 bits per heavy atom. The molecule has 0 aliphatic carbocycles. The molecule has 0 saturated carbocycles. The van der Waals surface area contributed by atoms with E-state index in [2.05, 4.69) is 41.9 Å². The van der Waals surface area contributed by atoms with E-state index >= 15 is 0 Å². The van der Waals surface area contributed by atoms with Crippen LogP contribution in [0.15, 0.2) is 21.1 Å². The molecule has 4 nitrogen and oxygen atoms in total. The summed E-state index contributed by atoms with van der Waals surface area (Å²) < 4.78 is 5.82. The quantitative estimate of drug-likeness (QED) is 0.804. The van der Waals surface area contributed by atoms with Crippen molar-refractivity contribution in [3.05, 3.63) is 26.6 Å². The highest BCUT2D eigenvalue weighted by Crippen LogP contribution is 2.33. The molecule has 1 atom stereocenters. The second-order valence-corrected chi connectivity index (χ2v) is 5.24. The van der Waals surface area contributed by atoms with Crippen LogP contribution < -0.4 is 5.32 Å². The van der Waals surface area contributed by atoms with Crippen LogP contribution in [0, 0.1) is 0 Å². The van der Waals surface area contributed by atoms with Gasteiger partial charge < -0.3 is 15.2 Å². The first-order valence-electron chi connectivity index (χ1n) is 4.93. The first-order valence-corrected chi connectivity index (χ1v) is 6.52.